The monoisotopic (exact) mass is 383 g/mol. The maximum Gasteiger partial charge on any atom is 0.342 e. The van der Waals surface area contributed by atoms with Gasteiger partial charge in [0, 0.05) is 5.69 Å². The summed E-state index contributed by atoms with van der Waals surface area (Å²) < 4.78 is 10.7. The molecule has 1 N–H and O–H groups in total. The van der Waals surface area contributed by atoms with Crippen LogP contribution in [0.2, 0.25) is 0 Å². The normalized spacial score (nSPS) is 10.8. The first kappa shape index (κ1) is 21.5. The number of nitrogens with one attached hydrogen (secondary N) is 1. The van der Waals surface area contributed by atoms with Gasteiger partial charge in [-0.3, -0.25) is 4.79 Å². The minimum atomic E-state index is -0.583. The molecule has 0 saturated heterocycles. The fraction of sp³-hybridized carbons (Fsp3) is 0.391. The number of amides is 1. The highest BCUT2D eigenvalue weighted by atomic mass is 16.5. The maximum absolute atomic E-state index is 12.5. The van der Waals surface area contributed by atoms with Gasteiger partial charge in [0.2, 0.25) is 0 Å². The molecule has 0 heterocycles. The van der Waals surface area contributed by atoms with Crippen LogP contribution in [-0.4, -0.2) is 25.1 Å². The fourth-order valence-corrected chi connectivity index (χ4v) is 3.00. The highest BCUT2D eigenvalue weighted by Gasteiger charge is 2.18. The van der Waals surface area contributed by atoms with Crippen molar-refractivity contribution in [2.45, 2.75) is 46.5 Å². The molecule has 0 aromatic heterocycles. The van der Waals surface area contributed by atoms with Crippen LogP contribution in [0.5, 0.6) is 5.75 Å². The molecule has 2 aromatic carbocycles. The molecule has 150 valence electrons. The van der Waals surface area contributed by atoms with Gasteiger partial charge in [0.25, 0.3) is 5.91 Å². The molecule has 1 amide bonds. The van der Waals surface area contributed by atoms with Crippen LogP contribution in [0, 0.1) is 0 Å². The summed E-state index contributed by atoms with van der Waals surface area (Å²) in [5.41, 5.74) is 3.24. The molecule has 2 rings (SSSR count). The fourth-order valence-electron chi connectivity index (χ4n) is 3.00. The van der Waals surface area contributed by atoms with Crippen molar-refractivity contribution < 1.29 is 19.1 Å². The standard InChI is InChI=1S/C23H29NO4/c1-6-27-20-13-8-7-10-19(20)23(26)28-14-21(25)24-22-17(15(2)3)11-9-12-18(22)16(4)5/h7-13,15-16H,6,14H2,1-5H3,(H,24,25). The van der Waals surface area contributed by atoms with Crippen molar-refractivity contribution in [3.05, 3.63) is 59.2 Å². The van der Waals surface area contributed by atoms with Crippen molar-refractivity contribution in [1.29, 1.82) is 0 Å². The van der Waals surface area contributed by atoms with Crippen LogP contribution in [0.25, 0.3) is 0 Å². The van der Waals surface area contributed by atoms with Gasteiger partial charge in [-0.05, 0) is 42.0 Å². The molecule has 0 fully saturated rings. The van der Waals surface area contributed by atoms with Crippen molar-refractivity contribution in [2.75, 3.05) is 18.5 Å². The maximum atomic E-state index is 12.5. The lowest BCUT2D eigenvalue weighted by atomic mass is 9.92. The van der Waals surface area contributed by atoms with E-state index in [-0.39, 0.29) is 24.3 Å². The molecule has 0 aliphatic carbocycles. The third-order valence-corrected chi connectivity index (χ3v) is 4.38. The summed E-state index contributed by atoms with van der Waals surface area (Å²) in [6.07, 6.45) is 0. The second-order valence-corrected chi connectivity index (χ2v) is 7.17. The van der Waals surface area contributed by atoms with E-state index in [9.17, 15) is 9.59 Å². The summed E-state index contributed by atoms with van der Waals surface area (Å²) in [7, 11) is 0. The van der Waals surface area contributed by atoms with Gasteiger partial charge in [0.1, 0.15) is 11.3 Å². The van der Waals surface area contributed by atoms with Crippen molar-refractivity contribution >= 4 is 17.6 Å². The topological polar surface area (TPSA) is 64.6 Å². The van der Waals surface area contributed by atoms with E-state index in [1.807, 2.05) is 25.1 Å². The SMILES string of the molecule is CCOc1ccccc1C(=O)OCC(=O)Nc1c(C(C)C)cccc1C(C)C. The van der Waals surface area contributed by atoms with Gasteiger partial charge in [0.05, 0.1) is 6.61 Å². The molecular formula is C23H29NO4. The summed E-state index contributed by atoms with van der Waals surface area (Å²) in [5, 5.41) is 2.94. The van der Waals surface area contributed by atoms with E-state index >= 15 is 0 Å². The molecule has 5 nitrogen and oxygen atoms in total. The van der Waals surface area contributed by atoms with Crippen LogP contribution in [0.3, 0.4) is 0 Å². The molecule has 0 saturated carbocycles. The van der Waals surface area contributed by atoms with E-state index in [2.05, 4.69) is 33.0 Å². The lowest BCUT2D eigenvalue weighted by Gasteiger charge is -2.20. The molecule has 5 heteroatoms. The number of benzene rings is 2. The highest BCUT2D eigenvalue weighted by molar-refractivity contribution is 5.97. The number of hydrogen-bond donors (Lipinski definition) is 1. The second-order valence-electron chi connectivity index (χ2n) is 7.17. The number of ether oxygens (including phenoxy) is 2. The minimum Gasteiger partial charge on any atom is -0.493 e. The van der Waals surface area contributed by atoms with Gasteiger partial charge in [-0.15, -0.1) is 0 Å². The molecule has 0 aliphatic rings. The molecule has 28 heavy (non-hydrogen) atoms. The molecule has 0 aliphatic heterocycles. The van der Waals surface area contributed by atoms with Crippen LogP contribution in [0.1, 0.15) is 67.9 Å². The van der Waals surface area contributed by atoms with Crippen molar-refractivity contribution in [3.63, 3.8) is 0 Å². The Hall–Kier alpha value is -2.82. The zero-order chi connectivity index (χ0) is 20.7. The Labute approximate surface area is 167 Å². The Morgan fingerprint density at radius 3 is 2.11 bits per heavy atom. The van der Waals surface area contributed by atoms with Crippen LogP contribution in [0.15, 0.2) is 42.5 Å². The molecule has 0 unspecified atom stereocenters. The van der Waals surface area contributed by atoms with Gasteiger partial charge in [-0.2, -0.15) is 0 Å². The van der Waals surface area contributed by atoms with Crippen molar-refractivity contribution in [1.82, 2.24) is 0 Å². The van der Waals surface area contributed by atoms with E-state index in [0.29, 0.717) is 17.9 Å². The average molecular weight is 383 g/mol. The Kier molecular flexibility index (Phi) is 7.61. The van der Waals surface area contributed by atoms with Crippen molar-refractivity contribution in [3.8, 4) is 5.75 Å². The lowest BCUT2D eigenvalue weighted by molar-refractivity contribution is -0.119. The molecule has 0 atom stereocenters. The number of para-hydroxylation sites is 2. The number of carbonyl (C=O) groups is 2. The first-order valence-electron chi connectivity index (χ1n) is 9.66. The zero-order valence-corrected chi connectivity index (χ0v) is 17.2. The Bertz CT molecular complexity index is 801. The highest BCUT2D eigenvalue weighted by Crippen LogP contribution is 2.32. The molecule has 0 bridgehead atoms. The Balaban J connectivity index is 2.10. The second kappa shape index (κ2) is 9.93. The van der Waals surface area contributed by atoms with Gasteiger partial charge in [-0.25, -0.2) is 4.79 Å². The van der Waals surface area contributed by atoms with Crippen LogP contribution in [-0.2, 0) is 9.53 Å². The van der Waals surface area contributed by atoms with Crippen LogP contribution >= 0.6 is 0 Å². The van der Waals surface area contributed by atoms with Gasteiger partial charge in [0.15, 0.2) is 6.61 Å². The van der Waals surface area contributed by atoms with E-state index < -0.39 is 5.97 Å². The molecule has 2 aromatic rings. The zero-order valence-electron chi connectivity index (χ0n) is 17.2. The Morgan fingerprint density at radius 2 is 1.54 bits per heavy atom. The number of hydrogen-bond acceptors (Lipinski definition) is 4. The summed E-state index contributed by atoms with van der Waals surface area (Å²) in [5.74, 6) is 0.0181. The van der Waals surface area contributed by atoms with Crippen LogP contribution < -0.4 is 10.1 Å². The summed E-state index contributed by atoms with van der Waals surface area (Å²) >= 11 is 0. The molecule has 0 radical (unpaired) electrons. The van der Waals surface area contributed by atoms with Crippen molar-refractivity contribution in [2.24, 2.45) is 0 Å². The van der Waals surface area contributed by atoms with E-state index in [1.54, 1.807) is 24.3 Å². The number of esters is 1. The van der Waals surface area contributed by atoms with Gasteiger partial charge >= 0.3 is 5.97 Å². The number of carbonyl (C=O) groups excluding carboxylic acids is 2. The summed E-state index contributed by atoms with van der Waals surface area (Å²) in [6.45, 7) is 10.3. The Morgan fingerprint density at radius 1 is 0.929 bits per heavy atom. The van der Waals surface area contributed by atoms with Gasteiger partial charge in [-0.1, -0.05) is 58.0 Å². The third-order valence-electron chi connectivity index (χ3n) is 4.38. The first-order valence-corrected chi connectivity index (χ1v) is 9.66. The molecular weight excluding hydrogens is 354 g/mol. The average Bonchev–Trinajstić information content (AvgIpc) is 2.66. The minimum absolute atomic E-state index is 0.259. The lowest BCUT2D eigenvalue weighted by Crippen LogP contribution is -2.23. The number of anilines is 1. The van der Waals surface area contributed by atoms with Gasteiger partial charge < -0.3 is 14.8 Å². The third kappa shape index (κ3) is 5.35. The molecule has 0 spiro atoms. The predicted octanol–water partition coefficient (Wildman–Crippen LogP) is 5.13. The first-order chi connectivity index (χ1) is 13.3. The van der Waals surface area contributed by atoms with E-state index in [0.717, 1.165) is 16.8 Å². The number of rotatable bonds is 8. The van der Waals surface area contributed by atoms with Crippen LogP contribution in [0.4, 0.5) is 5.69 Å². The quantitative estimate of drug-likeness (QED) is 0.642. The summed E-state index contributed by atoms with van der Waals surface area (Å²) in [4.78, 5) is 24.9. The predicted molar refractivity (Wildman–Crippen MR) is 111 cm³/mol. The van der Waals surface area contributed by atoms with E-state index in [1.165, 1.54) is 0 Å². The summed E-state index contributed by atoms with van der Waals surface area (Å²) in [6, 6.07) is 12.9. The largest absolute Gasteiger partial charge is 0.493 e. The van der Waals surface area contributed by atoms with E-state index in [4.69, 9.17) is 9.47 Å². The smallest absolute Gasteiger partial charge is 0.342 e.